The first-order valence-corrected chi connectivity index (χ1v) is 8.55. The van der Waals surface area contributed by atoms with Gasteiger partial charge in [0.25, 0.3) is 11.8 Å². The Morgan fingerprint density at radius 3 is 2.36 bits per heavy atom. The van der Waals surface area contributed by atoms with Crippen LogP contribution in [-0.2, 0) is 0 Å². The van der Waals surface area contributed by atoms with Gasteiger partial charge in [-0.3, -0.25) is 14.5 Å². The third kappa shape index (κ3) is 2.17. The van der Waals surface area contributed by atoms with Gasteiger partial charge in [0.05, 0.1) is 30.3 Å². The molecule has 4 rings (SSSR count). The quantitative estimate of drug-likeness (QED) is 0.832. The molecule has 0 saturated carbocycles. The van der Waals surface area contributed by atoms with E-state index in [1.54, 1.807) is 17.0 Å². The van der Waals surface area contributed by atoms with Gasteiger partial charge in [0.2, 0.25) is 0 Å². The first-order chi connectivity index (χ1) is 10.8. The first kappa shape index (κ1) is 13.9. The molecule has 4 heteroatoms. The summed E-state index contributed by atoms with van der Waals surface area (Å²) in [7, 11) is 0. The predicted molar refractivity (Wildman–Crippen MR) is 82.9 cm³/mol. The van der Waals surface area contributed by atoms with Crippen LogP contribution in [0.3, 0.4) is 0 Å². The van der Waals surface area contributed by atoms with Gasteiger partial charge in [0.15, 0.2) is 0 Å². The van der Waals surface area contributed by atoms with Crippen molar-refractivity contribution in [2.45, 2.75) is 38.1 Å². The van der Waals surface area contributed by atoms with Crippen molar-refractivity contribution in [1.29, 1.82) is 0 Å². The van der Waals surface area contributed by atoms with Crippen LogP contribution in [-0.4, -0.2) is 42.4 Å². The minimum atomic E-state index is -0.0940. The highest BCUT2D eigenvalue weighted by Crippen LogP contribution is 2.27. The Labute approximate surface area is 131 Å². The highest BCUT2D eigenvalue weighted by atomic mass is 16.2. The number of carbonyl (C=O) groups excluding carboxylic acids is 2. The van der Waals surface area contributed by atoms with E-state index in [0.29, 0.717) is 29.6 Å². The first-order valence-electron chi connectivity index (χ1n) is 8.55. The zero-order valence-corrected chi connectivity index (χ0v) is 12.9. The van der Waals surface area contributed by atoms with Crippen molar-refractivity contribution >= 4 is 11.8 Å². The van der Waals surface area contributed by atoms with Crippen molar-refractivity contribution in [1.82, 2.24) is 4.90 Å². The molecule has 1 aromatic rings. The van der Waals surface area contributed by atoms with Crippen LogP contribution < -0.4 is 4.90 Å². The SMILES string of the molecule is O=C1c2ccccc2C(=O)N1C[C@@H]1CCC[NH+]2CCCC[C@H]12. The number of rotatable bonds is 2. The number of benzene rings is 1. The molecule has 2 fully saturated rings. The predicted octanol–water partition coefficient (Wildman–Crippen LogP) is 1.13. The Morgan fingerprint density at radius 1 is 0.955 bits per heavy atom. The van der Waals surface area contributed by atoms with E-state index in [0.717, 1.165) is 6.42 Å². The molecule has 1 unspecified atom stereocenters. The van der Waals surface area contributed by atoms with Crippen molar-refractivity contribution in [2.75, 3.05) is 19.6 Å². The summed E-state index contributed by atoms with van der Waals surface area (Å²) in [5, 5.41) is 0. The maximum absolute atomic E-state index is 12.5. The number of hydrogen-bond donors (Lipinski definition) is 1. The van der Waals surface area contributed by atoms with Gasteiger partial charge in [-0.25, -0.2) is 0 Å². The lowest BCUT2D eigenvalue weighted by molar-refractivity contribution is -0.940. The summed E-state index contributed by atoms with van der Waals surface area (Å²) in [5.41, 5.74) is 1.16. The Morgan fingerprint density at radius 2 is 1.64 bits per heavy atom. The van der Waals surface area contributed by atoms with Gasteiger partial charge in [-0.2, -0.15) is 0 Å². The fourth-order valence-corrected chi connectivity index (χ4v) is 4.64. The second-order valence-corrected chi connectivity index (χ2v) is 6.93. The van der Waals surface area contributed by atoms with E-state index in [1.165, 1.54) is 43.7 Å². The molecule has 0 bridgehead atoms. The van der Waals surface area contributed by atoms with Gasteiger partial charge in [-0.1, -0.05) is 12.1 Å². The third-order valence-corrected chi connectivity index (χ3v) is 5.72. The van der Waals surface area contributed by atoms with Crippen LogP contribution in [0.1, 0.15) is 52.8 Å². The zero-order valence-electron chi connectivity index (χ0n) is 12.9. The smallest absolute Gasteiger partial charge is 0.261 e. The van der Waals surface area contributed by atoms with Crippen LogP contribution in [0.25, 0.3) is 0 Å². The minimum absolute atomic E-state index is 0.0940. The van der Waals surface area contributed by atoms with Gasteiger partial charge < -0.3 is 4.90 Å². The Bertz CT molecular complexity index is 576. The molecule has 3 atom stereocenters. The number of fused-ring (bicyclic) bond motifs is 2. The van der Waals surface area contributed by atoms with E-state index in [-0.39, 0.29) is 11.8 Å². The molecule has 1 N–H and O–H groups in total. The second kappa shape index (κ2) is 5.51. The maximum Gasteiger partial charge on any atom is 0.261 e. The number of hydrogen-bond acceptors (Lipinski definition) is 2. The highest BCUT2D eigenvalue weighted by Gasteiger charge is 2.42. The van der Waals surface area contributed by atoms with E-state index in [1.807, 2.05) is 12.1 Å². The molecule has 3 aliphatic heterocycles. The fraction of sp³-hybridized carbons (Fsp3) is 0.556. The second-order valence-electron chi connectivity index (χ2n) is 6.93. The lowest BCUT2D eigenvalue weighted by Crippen LogP contribution is -3.18. The Balaban J connectivity index is 1.54. The van der Waals surface area contributed by atoms with Crippen LogP contribution in [0.15, 0.2) is 24.3 Å². The normalized spacial score (nSPS) is 31.1. The highest BCUT2D eigenvalue weighted by molar-refractivity contribution is 6.21. The lowest BCUT2D eigenvalue weighted by Gasteiger charge is -2.42. The molecular weight excluding hydrogens is 276 g/mol. The molecule has 22 heavy (non-hydrogen) atoms. The van der Waals surface area contributed by atoms with E-state index < -0.39 is 0 Å². The van der Waals surface area contributed by atoms with Crippen molar-refractivity contribution < 1.29 is 14.5 Å². The number of piperidine rings is 2. The van der Waals surface area contributed by atoms with Crippen LogP contribution in [0.5, 0.6) is 0 Å². The minimum Gasteiger partial charge on any atom is -0.332 e. The molecule has 0 aliphatic carbocycles. The number of amides is 2. The summed E-state index contributed by atoms with van der Waals surface area (Å²) in [6, 6.07) is 7.86. The molecular formula is C18H23N2O2+. The van der Waals surface area contributed by atoms with E-state index >= 15 is 0 Å². The van der Waals surface area contributed by atoms with Crippen molar-refractivity contribution in [3.63, 3.8) is 0 Å². The van der Waals surface area contributed by atoms with Crippen molar-refractivity contribution in [3.05, 3.63) is 35.4 Å². The fourth-order valence-electron chi connectivity index (χ4n) is 4.64. The number of nitrogens with zero attached hydrogens (tertiary/aromatic N) is 1. The van der Waals surface area contributed by atoms with E-state index in [9.17, 15) is 9.59 Å². The molecule has 0 radical (unpaired) electrons. The average molecular weight is 299 g/mol. The molecule has 0 aromatic heterocycles. The van der Waals surface area contributed by atoms with Gasteiger partial charge in [0, 0.05) is 12.5 Å². The Kier molecular flexibility index (Phi) is 3.49. The van der Waals surface area contributed by atoms with Gasteiger partial charge in [0.1, 0.15) is 0 Å². The molecule has 116 valence electrons. The molecule has 3 heterocycles. The molecule has 3 aliphatic rings. The van der Waals surface area contributed by atoms with Crippen LogP contribution in [0.4, 0.5) is 0 Å². The number of carbonyl (C=O) groups is 2. The zero-order chi connectivity index (χ0) is 15.1. The number of imide groups is 1. The average Bonchev–Trinajstić information content (AvgIpc) is 2.81. The largest absolute Gasteiger partial charge is 0.332 e. The summed E-state index contributed by atoms with van der Waals surface area (Å²) in [6.45, 7) is 3.15. The van der Waals surface area contributed by atoms with Gasteiger partial charge >= 0.3 is 0 Å². The van der Waals surface area contributed by atoms with Crippen LogP contribution in [0.2, 0.25) is 0 Å². The summed E-state index contributed by atoms with van der Waals surface area (Å²) >= 11 is 0. The Hall–Kier alpha value is -1.68. The number of nitrogens with one attached hydrogen (secondary N) is 1. The third-order valence-electron chi connectivity index (χ3n) is 5.72. The van der Waals surface area contributed by atoms with E-state index in [2.05, 4.69) is 0 Å². The maximum atomic E-state index is 12.5. The summed E-state index contributed by atoms with van der Waals surface area (Å²) in [4.78, 5) is 28.3. The number of quaternary nitrogens is 1. The summed E-state index contributed by atoms with van der Waals surface area (Å²) < 4.78 is 0. The van der Waals surface area contributed by atoms with Crippen molar-refractivity contribution in [3.8, 4) is 0 Å². The van der Waals surface area contributed by atoms with Crippen LogP contribution >= 0.6 is 0 Å². The molecule has 0 spiro atoms. The summed E-state index contributed by atoms with van der Waals surface area (Å²) in [5.74, 6) is 0.290. The van der Waals surface area contributed by atoms with Crippen molar-refractivity contribution in [2.24, 2.45) is 5.92 Å². The molecule has 4 nitrogen and oxygen atoms in total. The van der Waals surface area contributed by atoms with Gasteiger partial charge in [-0.05, 0) is 44.2 Å². The molecule has 1 aromatic carbocycles. The monoisotopic (exact) mass is 299 g/mol. The lowest BCUT2D eigenvalue weighted by atomic mass is 9.83. The van der Waals surface area contributed by atoms with E-state index in [4.69, 9.17) is 0 Å². The van der Waals surface area contributed by atoms with Crippen LogP contribution in [0, 0.1) is 5.92 Å². The molecule has 2 amide bonds. The topological polar surface area (TPSA) is 41.8 Å². The standard InChI is InChI=1S/C18H22N2O2/c21-17-14-7-1-2-8-15(14)18(22)20(17)12-13-6-5-11-19-10-4-3-9-16(13)19/h1-2,7-8,13,16H,3-6,9-12H2/p+1/t13-,16+/m0/s1. The summed E-state index contributed by atoms with van der Waals surface area (Å²) in [6.07, 6.45) is 6.25. The molecule has 2 saturated heterocycles. The van der Waals surface area contributed by atoms with Gasteiger partial charge in [-0.15, -0.1) is 0 Å².